The summed E-state index contributed by atoms with van der Waals surface area (Å²) in [5.41, 5.74) is 2.31. The number of benzene rings is 2. The van der Waals surface area contributed by atoms with Crippen LogP contribution in [0.5, 0.6) is 0 Å². The normalized spacial score (nSPS) is 19.7. The number of hydrogen-bond donors (Lipinski definition) is 0. The van der Waals surface area contributed by atoms with Gasteiger partial charge in [-0.2, -0.15) is 0 Å². The molecule has 5 nitrogen and oxygen atoms in total. The molecule has 0 spiro atoms. The minimum atomic E-state index is -0.931. The summed E-state index contributed by atoms with van der Waals surface area (Å²) in [7, 11) is 0. The Balaban J connectivity index is 1.58. The second-order valence-electron chi connectivity index (χ2n) is 7.55. The lowest BCUT2D eigenvalue weighted by Crippen LogP contribution is -2.51. The number of carbonyl (C=O) groups excluding carboxylic acids is 2. The Morgan fingerprint density at radius 2 is 1.77 bits per heavy atom. The molecule has 2 aliphatic rings. The molecule has 0 bridgehead atoms. The molecule has 1 unspecified atom stereocenters. The summed E-state index contributed by atoms with van der Waals surface area (Å²) < 4.78 is 0. The van der Waals surface area contributed by atoms with Crippen LogP contribution in [-0.2, 0) is 16.9 Å². The zero-order valence-corrected chi connectivity index (χ0v) is 17.0. The summed E-state index contributed by atoms with van der Waals surface area (Å²) in [6.45, 7) is 0.981. The summed E-state index contributed by atoms with van der Waals surface area (Å²) in [4.78, 5) is 34.7. The van der Waals surface area contributed by atoms with E-state index in [-0.39, 0.29) is 11.8 Å². The number of aryl methyl sites for hydroxylation is 1. The lowest BCUT2D eigenvalue weighted by atomic mass is 9.89. The summed E-state index contributed by atoms with van der Waals surface area (Å²) >= 11 is 6.14. The van der Waals surface area contributed by atoms with Crippen LogP contribution in [0.25, 0.3) is 0 Å². The minimum Gasteiger partial charge on any atom is -0.310 e. The van der Waals surface area contributed by atoms with Gasteiger partial charge in [0.25, 0.3) is 5.91 Å². The van der Waals surface area contributed by atoms with Gasteiger partial charge in [-0.05, 0) is 36.8 Å². The van der Waals surface area contributed by atoms with E-state index in [1.807, 2.05) is 76.5 Å². The van der Waals surface area contributed by atoms with E-state index in [1.54, 1.807) is 6.20 Å². The first-order chi connectivity index (χ1) is 14.6. The van der Waals surface area contributed by atoms with Gasteiger partial charge in [-0.15, -0.1) is 0 Å². The Morgan fingerprint density at radius 1 is 1.00 bits per heavy atom. The molecule has 6 heteroatoms. The zero-order chi connectivity index (χ0) is 20.7. The van der Waals surface area contributed by atoms with E-state index in [9.17, 15) is 9.59 Å². The van der Waals surface area contributed by atoms with E-state index in [1.165, 1.54) is 0 Å². The van der Waals surface area contributed by atoms with Crippen molar-refractivity contribution in [3.8, 4) is 0 Å². The smallest absolute Gasteiger partial charge is 0.256 e. The van der Waals surface area contributed by atoms with Gasteiger partial charge in [0, 0.05) is 53.1 Å². The monoisotopic (exact) mass is 417 g/mol. The number of carbonyl (C=O) groups is 2. The maximum absolute atomic E-state index is 13.5. The standard InChI is InChI=1S/C24H20ClN3O2/c25-18-10-8-17(9-11-18)24-21-7-2-1-6-20(21)23(30)28(24)16-15-27(24)22(29)13-12-19-5-3-4-14-26-19/h1-11,14H,12-13,15-16H2. The van der Waals surface area contributed by atoms with Gasteiger partial charge < -0.3 is 9.80 Å². The average molecular weight is 418 g/mol. The van der Waals surface area contributed by atoms with E-state index in [0.717, 1.165) is 16.8 Å². The summed E-state index contributed by atoms with van der Waals surface area (Å²) in [5.74, 6) is -0.0387. The van der Waals surface area contributed by atoms with Gasteiger partial charge >= 0.3 is 0 Å². The number of aromatic nitrogens is 1. The molecule has 1 fully saturated rings. The highest BCUT2D eigenvalue weighted by molar-refractivity contribution is 6.30. The third kappa shape index (κ3) is 2.73. The van der Waals surface area contributed by atoms with E-state index in [4.69, 9.17) is 11.6 Å². The summed E-state index contributed by atoms with van der Waals surface area (Å²) in [6.07, 6.45) is 2.62. The van der Waals surface area contributed by atoms with Gasteiger partial charge in [-0.25, -0.2) is 0 Å². The Bertz CT molecular complexity index is 1120. The van der Waals surface area contributed by atoms with Crippen LogP contribution in [0, 0.1) is 0 Å². The van der Waals surface area contributed by atoms with Crippen molar-refractivity contribution in [2.75, 3.05) is 13.1 Å². The largest absolute Gasteiger partial charge is 0.310 e. The van der Waals surface area contributed by atoms with Crippen molar-refractivity contribution in [3.05, 3.63) is 100 Å². The number of amides is 2. The van der Waals surface area contributed by atoms with Crippen LogP contribution in [0.3, 0.4) is 0 Å². The van der Waals surface area contributed by atoms with Crippen LogP contribution >= 0.6 is 11.6 Å². The molecule has 1 aromatic heterocycles. The van der Waals surface area contributed by atoms with Gasteiger partial charge in [-0.3, -0.25) is 14.6 Å². The van der Waals surface area contributed by atoms with Crippen molar-refractivity contribution in [2.24, 2.45) is 0 Å². The minimum absolute atomic E-state index is 0.00241. The lowest BCUT2D eigenvalue weighted by Gasteiger charge is -2.40. The van der Waals surface area contributed by atoms with Gasteiger partial charge in [0.1, 0.15) is 0 Å². The number of hydrogen-bond acceptors (Lipinski definition) is 3. The molecular formula is C24H20ClN3O2. The molecule has 0 aliphatic carbocycles. The van der Waals surface area contributed by atoms with Crippen molar-refractivity contribution in [2.45, 2.75) is 18.5 Å². The van der Waals surface area contributed by atoms with Crippen molar-refractivity contribution in [1.82, 2.24) is 14.8 Å². The highest BCUT2D eigenvalue weighted by atomic mass is 35.5. The van der Waals surface area contributed by atoms with Gasteiger partial charge in [0.05, 0.1) is 0 Å². The fraction of sp³-hybridized carbons (Fsp3) is 0.208. The quantitative estimate of drug-likeness (QED) is 0.647. The molecule has 2 amide bonds. The van der Waals surface area contributed by atoms with Gasteiger partial charge in [0.15, 0.2) is 5.66 Å². The molecule has 1 atom stereocenters. The Morgan fingerprint density at radius 3 is 2.53 bits per heavy atom. The molecule has 3 aromatic rings. The fourth-order valence-electron chi connectivity index (χ4n) is 4.70. The topological polar surface area (TPSA) is 53.5 Å². The Labute approximate surface area is 179 Å². The molecule has 0 saturated carbocycles. The fourth-order valence-corrected chi connectivity index (χ4v) is 4.82. The van der Waals surface area contributed by atoms with E-state index in [2.05, 4.69) is 4.98 Å². The third-order valence-electron chi connectivity index (χ3n) is 5.98. The van der Waals surface area contributed by atoms with E-state index in [0.29, 0.717) is 36.5 Å². The molecule has 3 heterocycles. The maximum Gasteiger partial charge on any atom is 0.256 e. The van der Waals surface area contributed by atoms with Crippen LogP contribution in [-0.4, -0.2) is 39.7 Å². The summed E-state index contributed by atoms with van der Waals surface area (Å²) in [5, 5.41) is 0.616. The Kier molecular flexibility index (Phi) is 4.55. The van der Waals surface area contributed by atoms with Crippen LogP contribution < -0.4 is 0 Å². The lowest BCUT2D eigenvalue weighted by molar-refractivity contribution is -0.136. The highest BCUT2D eigenvalue weighted by Crippen LogP contribution is 2.49. The predicted molar refractivity (Wildman–Crippen MR) is 114 cm³/mol. The SMILES string of the molecule is O=C(CCc1ccccn1)N1CCN2C(=O)c3ccccc3C12c1ccc(Cl)cc1. The molecule has 2 aliphatic heterocycles. The summed E-state index contributed by atoms with van der Waals surface area (Å²) in [6, 6.07) is 20.7. The maximum atomic E-state index is 13.5. The molecule has 5 rings (SSSR count). The third-order valence-corrected chi connectivity index (χ3v) is 6.23. The molecule has 2 aromatic carbocycles. The number of fused-ring (bicyclic) bond motifs is 3. The van der Waals surface area contributed by atoms with E-state index >= 15 is 0 Å². The first-order valence-corrected chi connectivity index (χ1v) is 10.4. The molecule has 30 heavy (non-hydrogen) atoms. The second-order valence-corrected chi connectivity index (χ2v) is 7.98. The predicted octanol–water partition coefficient (Wildman–Crippen LogP) is 3.87. The van der Waals surface area contributed by atoms with Crippen molar-refractivity contribution in [3.63, 3.8) is 0 Å². The number of rotatable bonds is 4. The molecule has 1 saturated heterocycles. The van der Waals surface area contributed by atoms with E-state index < -0.39 is 5.66 Å². The zero-order valence-electron chi connectivity index (χ0n) is 16.3. The van der Waals surface area contributed by atoms with Gasteiger partial charge in [-0.1, -0.05) is 48.0 Å². The second kappa shape index (κ2) is 7.26. The first kappa shape index (κ1) is 18.8. The van der Waals surface area contributed by atoms with Crippen molar-refractivity contribution >= 4 is 23.4 Å². The molecule has 0 N–H and O–H groups in total. The average Bonchev–Trinajstić information content (AvgIpc) is 3.29. The van der Waals surface area contributed by atoms with Crippen molar-refractivity contribution in [1.29, 1.82) is 0 Å². The van der Waals surface area contributed by atoms with Crippen molar-refractivity contribution < 1.29 is 9.59 Å². The molecular weight excluding hydrogens is 398 g/mol. The highest BCUT2D eigenvalue weighted by Gasteiger charge is 2.59. The first-order valence-electron chi connectivity index (χ1n) is 10.0. The van der Waals surface area contributed by atoms with Crippen LogP contribution in [0.1, 0.15) is 33.6 Å². The number of nitrogens with zero attached hydrogens (tertiary/aromatic N) is 3. The number of halogens is 1. The van der Waals surface area contributed by atoms with Crippen LogP contribution in [0.15, 0.2) is 72.9 Å². The molecule has 0 radical (unpaired) electrons. The molecule has 150 valence electrons. The van der Waals surface area contributed by atoms with Crippen LogP contribution in [0.4, 0.5) is 0 Å². The number of pyridine rings is 1. The van der Waals surface area contributed by atoms with Gasteiger partial charge in [0.2, 0.25) is 5.91 Å². The Hall–Kier alpha value is -3.18. The van der Waals surface area contributed by atoms with Crippen LogP contribution in [0.2, 0.25) is 5.02 Å².